The molecule has 0 radical (unpaired) electrons. The average Bonchev–Trinajstić information content (AvgIpc) is 3.28. The van der Waals surface area contributed by atoms with Crippen molar-refractivity contribution < 1.29 is 9.53 Å². The van der Waals surface area contributed by atoms with Gasteiger partial charge in [-0.2, -0.15) is 0 Å². The number of hydrogen-bond donors (Lipinski definition) is 1. The Morgan fingerprint density at radius 3 is 2.21 bits per heavy atom. The number of imidazole rings is 1. The van der Waals surface area contributed by atoms with Crippen LogP contribution in [0.2, 0.25) is 0 Å². The number of carbonyl (C=O) groups excluding carboxylic acids is 1. The van der Waals surface area contributed by atoms with Gasteiger partial charge in [-0.1, -0.05) is 79.7 Å². The average molecular weight is 454 g/mol. The molecule has 0 aliphatic rings. The van der Waals surface area contributed by atoms with Crippen molar-refractivity contribution in [2.24, 2.45) is 0 Å². The van der Waals surface area contributed by atoms with Gasteiger partial charge in [0.1, 0.15) is 23.0 Å². The molecular weight excluding hydrogens is 422 g/mol. The lowest BCUT2D eigenvalue weighted by Gasteiger charge is -2.19. The number of carbonyl (C=O) groups is 1. The van der Waals surface area contributed by atoms with E-state index in [1.165, 1.54) is 0 Å². The first-order chi connectivity index (χ1) is 16.7. The molecule has 5 nitrogen and oxygen atoms in total. The summed E-state index contributed by atoms with van der Waals surface area (Å²) < 4.78 is 7.91. The first-order valence-corrected chi connectivity index (χ1v) is 11.9. The number of para-hydroxylation sites is 1. The van der Waals surface area contributed by atoms with Crippen molar-refractivity contribution in [2.75, 3.05) is 6.61 Å². The zero-order valence-corrected chi connectivity index (χ0v) is 20.0. The van der Waals surface area contributed by atoms with Gasteiger partial charge in [-0.3, -0.25) is 4.79 Å². The molecule has 0 spiro atoms. The zero-order valence-electron chi connectivity index (χ0n) is 20.0. The van der Waals surface area contributed by atoms with E-state index in [0.29, 0.717) is 24.5 Å². The molecule has 0 fully saturated rings. The minimum atomic E-state index is -0.145. The van der Waals surface area contributed by atoms with E-state index < -0.39 is 0 Å². The SMILES string of the molecule is CCOc1ccccc1-c1nc(-c2ccccc2)n(CC)c1C(=O)NC(CC)c1ccccc1. The van der Waals surface area contributed by atoms with E-state index in [9.17, 15) is 4.79 Å². The number of hydrogen-bond acceptors (Lipinski definition) is 3. The van der Waals surface area contributed by atoms with Crippen LogP contribution >= 0.6 is 0 Å². The fraction of sp³-hybridized carbons (Fsp3) is 0.241. The third-order valence-corrected chi connectivity index (χ3v) is 5.89. The number of aromatic nitrogens is 2. The summed E-state index contributed by atoms with van der Waals surface area (Å²) in [6.07, 6.45) is 0.784. The summed E-state index contributed by atoms with van der Waals surface area (Å²) in [5.41, 5.74) is 4.04. The maximum absolute atomic E-state index is 13.9. The first kappa shape index (κ1) is 23.3. The minimum Gasteiger partial charge on any atom is -0.493 e. The Balaban J connectivity index is 1.86. The molecule has 1 unspecified atom stereocenters. The highest BCUT2D eigenvalue weighted by molar-refractivity contribution is 6.00. The number of nitrogens with zero attached hydrogens (tertiary/aromatic N) is 2. The van der Waals surface area contributed by atoms with Crippen LogP contribution in [0.25, 0.3) is 22.6 Å². The molecule has 174 valence electrons. The van der Waals surface area contributed by atoms with Crippen LogP contribution in [0.3, 0.4) is 0 Å². The van der Waals surface area contributed by atoms with E-state index in [1.54, 1.807) is 0 Å². The van der Waals surface area contributed by atoms with Crippen LogP contribution in [-0.4, -0.2) is 22.1 Å². The van der Waals surface area contributed by atoms with Crippen LogP contribution in [0.1, 0.15) is 49.3 Å². The fourth-order valence-electron chi connectivity index (χ4n) is 4.26. The van der Waals surface area contributed by atoms with Crippen molar-refractivity contribution in [3.8, 4) is 28.4 Å². The molecule has 1 atom stereocenters. The number of ether oxygens (including phenoxy) is 1. The van der Waals surface area contributed by atoms with Crippen LogP contribution < -0.4 is 10.1 Å². The normalized spacial score (nSPS) is 11.7. The van der Waals surface area contributed by atoms with E-state index in [-0.39, 0.29) is 11.9 Å². The summed E-state index contributed by atoms with van der Waals surface area (Å²) >= 11 is 0. The van der Waals surface area contributed by atoms with Crippen molar-refractivity contribution in [1.82, 2.24) is 14.9 Å². The van der Waals surface area contributed by atoms with Crippen molar-refractivity contribution in [3.05, 3.63) is 96.2 Å². The van der Waals surface area contributed by atoms with Gasteiger partial charge in [-0.15, -0.1) is 0 Å². The van der Waals surface area contributed by atoms with E-state index in [1.807, 2.05) is 103 Å². The van der Waals surface area contributed by atoms with E-state index in [0.717, 1.165) is 34.7 Å². The predicted molar refractivity (Wildman–Crippen MR) is 137 cm³/mol. The molecule has 1 aromatic heterocycles. The summed E-state index contributed by atoms with van der Waals surface area (Å²) in [6, 6.07) is 27.8. The molecule has 0 aliphatic heterocycles. The molecule has 1 N–H and O–H groups in total. The molecule has 5 heteroatoms. The summed E-state index contributed by atoms with van der Waals surface area (Å²) in [4.78, 5) is 18.9. The maximum Gasteiger partial charge on any atom is 0.270 e. The Labute approximate surface area is 201 Å². The Kier molecular flexibility index (Phi) is 7.43. The second-order valence-corrected chi connectivity index (χ2v) is 8.02. The van der Waals surface area contributed by atoms with Gasteiger partial charge in [0.25, 0.3) is 5.91 Å². The quantitative estimate of drug-likeness (QED) is 0.314. The molecule has 4 aromatic rings. The van der Waals surface area contributed by atoms with Crippen LogP contribution in [0.4, 0.5) is 0 Å². The lowest BCUT2D eigenvalue weighted by molar-refractivity contribution is 0.0927. The van der Waals surface area contributed by atoms with Crippen LogP contribution in [0, 0.1) is 0 Å². The van der Waals surface area contributed by atoms with Crippen LogP contribution in [-0.2, 0) is 6.54 Å². The standard InChI is InChI=1S/C29H31N3O2/c1-4-24(21-15-9-7-10-16-21)30-29(33)27-26(23-19-13-14-20-25(23)34-6-3)31-28(32(27)5-2)22-17-11-8-12-18-22/h7-20,24H,4-6H2,1-3H3,(H,30,33). The second kappa shape index (κ2) is 10.8. The highest BCUT2D eigenvalue weighted by atomic mass is 16.5. The summed E-state index contributed by atoms with van der Waals surface area (Å²) in [5, 5.41) is 3.26. The predicted octanol–water partition coefficient (Wildman–Crippen LogP) is 6.52. The molecule has 34 heavy (non-hydrogen) atoms. The number of rotatable bonds is 9. The van der Waals surface area contributed by atoms with Crippen molar-refractivity contribution in [2.45, 2.75) is 39.8 Å². The Morgan fingerprint density at radius 1 is 0.912 bits per heavy atom. The van der Waals surface area contributed by atoms with Gasteiger partial charge in [0.15, 0.2) is 0 Å². The summed E-state index contributed by atoms with van der Waals surface area (Å²) in [7, 11) is 0. The number of nitrogens with one attached hydrogen (secondary N) is 1. The van der Waals surface area contributed by atoms with E-state index in [2.05, 4.69) is 12.2 Å². The number of amides is 1. The fourth-order valence-corrected chi connectivity index (χ4v) is 4.26. The Bertz CT molecular complexity index is 1230. The highest BCUT2D eigenvalue weighted by Crippen LogP contribution is 2.35. The van der Waals surface area contributed by atoms with Crippen molar-refractivity contribution in [3.63, 3.8) is 0 Å². The summed E-state index contributed by atoms with van der Waals surface area (Å²) in [5.74, 6) is 1.34. The molecule has 4 rings (SSSR count). The van der Waals surface area contributed by atoms with Crippen molar-refractivity contribution in [1.29, 1.82) is 0 Å². The van der Waals surface area contributed by atoms with E-state index >= 15 is 0 Å². The van der Waals surface area contributed by atoms with Gasteiger partial charge in [-0.05, 0) is 38.0 Å². The van der Waals surface area contributed by atoms with E-state index in [4.69, 9.17) is 9.72 Å². The number of benzene rings is 3. The lowest BCUT2D eigenvalue weighted by atomic mass is 10.0. The maximum atomic E-state index is 13.9. The molecule has 0 aliphatic carbocycles. The van der Waals surface area contributed by atoms with Gasteiger partial charge in [0, 0.05) is 17.7 Å². The summed E-state index contributed by atoms with van der Waals surface area (Å²) in [6.45, 7) is 7.22. The monoisotopic (exact) mass is 453 g/mol. The third kappa shape index (κ3) is 4.74. The molecule has 0 saturated heterocycles. The van der Waals surface area contributed by atoms with Crippen LogP contribution in [0.15, 0.2) is 84.9 Å². The third-order valence-electron chi connectivity index (χ3n) is 5.89. The van der Waals surface area contributed by atoms with Crippen molar-refractivity contribution >= 4 is 5.91 Å². The Hall–Kier alpha value is -3.86. The first-order valence-electron chi connectivity index (χ1n) is 11.9. The molecule has 0 saturated carbocycles. The molecule has 1 heterocycles. The molecule has 0 bridgehead atoms. The lowest BCUT2D eigenvalue weighted by Crippen LogP contribution is -2.30. The van der Waals surface area contributed by atoms with Gasteiger partial charge < -0.3 is 14.6 Å². The highest BCUT2D eigenvalue weighted by Gasteiger charge is 2.27. The van der Waals surface area contributed by atoms with Gasteiger partial charge in [0.05, 0.1) is 12.6 Å². The molecular formula is C29H31N3O2. The topological polar surface area (TPSA) is 56.2 Å². The van der Waals surface area contributed by atoms with Gasteiger partial charge in [0.2, 0.25) is 0 Å². The zero-order chi connectivity index (χ0) is 23.9. The Morgan fingerprint density at radius 2 is 1.56 bits per heavy atom. The van der Waals surface area contributed by atoms with Gasteiger partial charge in [-0.25, -0.2) is 4.98 Å². The van der Waals surface area contributed by atoms with Crippen LogP contribution in [0.5, 0.6) is 5.75 Å². The second-order valence-electron chi connectivity index (χ2n) is 8.02. The largest absolute Gasteiger partial charge is 0.493 e. The molecule has 1 amide bonds. The van der Waals surface area contributed by atoms with Gasteiger partial charge >= 0.3 is 0 Å². The smallest absolute Gasteiger partial charge is 0.270 e. The molecule has 3 aromatic carbocycles. The minimum absolute atomic E-state index is 0.0935.